The van der Waals surface area contributed by atoms with E-state index in [0.717, 1.165) is 37.7 Å². The van der Waals surface area contributed by atoms with E-state index in [1.54, 1.807) is 6.20 Å². The second-order valence-electron chi connectivity index (χ2n) is 5.87. The number of pyridine rings is 2. The second kappa shape index (κ2) is 7.72. The minimum Gasteiger partial charge on any atom is -0.367 e. The molecule has 6 nitrogen and oxygen atoms in total. The van der Waals surface area contributed by atoms with Crippen molar-refractivity contribution in [2.24, 2.45) is 0 Å². The Morgan fingerprint density at radius 2 is 1.79 bits per heavy atom. The van der Waals surface area contributed by atoms with Gasteiger partial charge in [0.15, 0.2) is 0 Å². The minimum atomic E-state index is -0.431. The van der Waals surface area contributed by atoms with E-state index in [4.69, 9.17) is 0 Å². The third-order valence-corrected chi connectivity index (χ3v) is 4.05. The molecule has 1 fully saturated rings. The van der Waals surface area contributed by atoms with Crippen LogP contribution in [0.1, 0.15) is 25.7 Å². The lowest BCUT2D eigenvalue weighted by atomic mass is 9.91. The first-order valence-electron chi connectivity index (χ1n) is 8.06. The molecule has 1 saturated carbocycles. The molecule has 0 spiro atoms. The number of carbonyl (C=O) groups is 1. The number of anilines is 2. The van der Waals surface area contributed by atoms with E-state index in [1.807, 2.05) is 18.2 Å². The molecule has 3 N–H and O–H groups in total. The normalized spacial score (nSPS) is 20.2. The third kappa shape index (κ3) is 4.65. The lowest BCUT2D eigenvalue weighted by Crippen LogP contribution is -2.42. The number of urea groups is 1. The first-order chi connectivity index (χ1) is 11.7. The van der Waals surface area contributed by atoms with E-state index in [2.05, 4.69) is 25.9 Å². The molecule has 0 atom stereocenters. The molecule has 24 heavy (non-hydrogen) atoms. The summed E-state index contributed by atoms with van der Waals surface area (Å²) in [5, 5.41) is 8.97. The number of hydrogen-bond acceptors (Lipinski definition) is 4. The predicted molar refractivity (Wildman–Crippen MR) is 90.3 cm³/mol. The molecule has 0 unspecified atom stereocenters. The fraction of sp³-hybridized carbons (Fsp3) is 0.353. The van der Waals surface area contributed by atoms with E-state index < -0.39 is 5.82 Å². The molecule has 2 heterocycles. The molecule has 2 aromatic heterocycles. The van der Waals surface area contributed by atoms with Crippen LogP contribution in [0.2, 0.25) is 0 Å². The van der Waals surface area contributed by atoms with E-state index in [9.17, 15) is 9.18 Å². The van der Waals surface area contributed by atoms with Gasteiger partial charge in [-0.15, -0.1) is 0 Å². The summed E-state index contributed by atoms with van der Waals surface area (Å²) in [5.41, 5.74) is 0. The number of aromatic nitrogens is 2. The molecule has 0 radical (unpaired) electrons. The van der Waals surface area contributed by atoms with Gasteiger partial charge in [0, 0.05) is 18.3 Å². The fourth-order valence-corrected chi connectivity index (χ4v) is 2.83. The molecule has 7 heteroatoms. The van der Waals surface area contributed by atoms with Crippen molar-refractivity contribution in [2.75, 3.05) is 10.6 Å². The van der Waals surface area contributed by atoms with Crippen LogP contribution >= 0.6 is 0 Å². The van der Waals surface area contributed by atoms with Crippen molar-refractivity contribution in [2.45, 2.75) is 37.8 Å². The second-order valence-corrected chi connectivity index (χ2v) is 5.87. The van der Waals surface area contributed by atoms with Gasteiger partial charge < -0.3 is 10.6 Å². The van der Waals surface area contributed by atoms with Gasteiger partial charge in [-0.1, -0.05) is 6.07 Å². The Labute approximate surface area is 139 Å². The molecule has 1 aliphatic rings. The fourth-order valence-electron chi connectivity index (χ4n) is 2.83. The highest BCUT2D eigenvalue weighted by Crippen LogP contribution is 2.21. The highest BCUT2D eigenvalue weighted by molar-refractivity contribution is 5.88. The summed E-state index contributed by atoms with van der Waals surface area (Å²) in [6.07, 6.45) is 6.57. The maximum atomic E-state index is 12.8. The van der Waals surface area contributed by atoms with Gasteiger partial charge in [-0.2, -0.15) is 0 Å². The van der Waals surface area contributed by atoms with Crippen LogP contribution < -0.4 is 16.0 Å². The highest BCUT2D eigenvalue weighted by atomic mass is 19.1. The van der Waals surface area contributed by atoms with Crippen LogP contribution in [-0.2, 0) is 0 Å². The molecule has 2 aromatic rings. The van der Waals surface area contributed by atoms with Crippen molar-refractivity contribution in [3.8, 4) is 0 Å². The largest absolute Gasteiger partial charge is 0.367 e. The van der Waals surface area contributed by atoms with Crippen molar-refractivity contribution in [3.63, 3.8) is 0 Å². The van der Waals surface area contributed by atoms with Crippen molar-refractivity contribution in [3.05, 3.63) is 48.5 Å². The number of halogens is 1. The predicted octanol–water partition coefficient (Wildman–Crippen LogP) is 3.16. The zero-order chi connectivity index (χ0) is 16.8. The number of amides is 2. The molecule has 3 rings (SSSR count). The zero-order valence-electron chi connectivity index (χ0n) is 13.2. The molecular weight excluding hydrogens is 309 g/mol. The number of rotatable bonds is 4. The van der Waals surface area contributed by atoms with E-state index >= 15 is 0 Å². The van der Waals surface area contributed by atoms with Crippen LogP contribution in [0.25, 0.3) is 0 Å². The summed E-state index contributed by atoms with van der Waals surface area (Å²) >= 11 is 0. The minimum absolute atomic E-state index is 0.132. The molecule has 0 aliphatic heterocycles. The lowest BCUT2D eigenvalue weighted by molar-refractivity contribution is 0.243. The first kappa shape index (κ1) is 16.2. The molecule has 1 aliphatic carbocycles. The van der Waals surface area contributed by atoms with Crippen LogP contribution in [0.5, 0.6) is 0 Å². The molecular formula is C17H20FN5O. The van der Waals surface area contributed by atoms with Gasteiger partial charge in [0.05, 0.1) is 6.20 Å². The average molecular weight is 329 g/mol. The van der Waals surface area contributed by atoms with Crippen LogP contribution in [0.15, 0.2) is 42.7 Å². The summed E-state index contributed by atoms with van der Waals surface area (Å²) in [5.74, 6) is 0.785. The van der Waals surface area contributed by atoms with Crippen molar-refractivity contribution in [1.82, 2.24) is 15.3 Å². The van der Waals surface area contributed by atoms with Gasteiger partial charge >= 0.3 is 6.03 Å². The van der Waals surface area contributed by atoms with Gasteiger partial charge in [0.25, 0.3) is 0 Å². The Kier molecular flexibility index (Phi) is 5.20. The van der Waals surface area contributed by atoms with Crippen molar-refractivity contribution in [1.29, 1.82) is 0 Å². The summed E-state index contributed by atoms with van der Waals surface area (Å²) < 4.78 is 12.8. The molecule has 2 amide bonds. The molecule has 0 saturated heterocycles. The maximum Gasteiger partial charge on any atom is 0.320 e. The van der Waals surface area contributed by atoms with Gasteiger partial charge in [0.2, 0.25) is 0 Å². The number of nitrogens with zero attached hydrogens (tertiary/aromatic N) is 2. The van der Waals surface area contributed by atoms with Gasteiger partial charge in [-0.05, 0) is 49.9 Å². The topological polar surface area (TPSA) is 78.9 Å². The van der Waals surface area contributed by atoms with Gasteiger partial charge in [0.1, 0.15) is 17.5 Å². The Morgan fingerprint density at radius 1 is 1.00 bits per heavy atom. The van der Waals surface area contributed by atoms with E-state index in [-0.39, 0.29) is 12.1 Å². The van der Waals surface area contributed by atoms with Crippen LogP contribution in [-0.4, -0.2) is 28.1 Å². The average Bonchev–Trinajstić information content (AvgIpc) is 2.60. The van der Waals surface area contributed by atoms with Gasteiger partial charge in [-0.25, -0.2) is 19.2 Å². The van der Waals surface area contributed by atoms with Crippen LogP contribution in [0, 0.1) is 5.82 Å². The Bertz CT molecular complexity index is 656. The molecule has 126 valence electrons. The van der Waals surface area contributed by atoms with E-state index in [1.165, 1.54) is 12.1 Å². The summed E-state index contributed by atoms with van der Waals surface area (Å²) in [6.45, 7) is 0. The third-order valence-electron chi connectivity index (χ3n) is 4.05. The summed E-state index contributed by atoms with van der Waals surface area (Å²) in [4.78, 5) is 20.0. The standard InChI is InChI=1S/C17H20FN5O/c18-12-4-9-16(20-11-12)23-17(24)22-14-7-5-13(6-8-14)21-15-3-1-2-10-19-15/h1-4,9-11,13-14H,5-8H2,(H,19,21)(H2,20,22,23,24). The van der Waals surface area contributed by atoms with Crippen LogP contribution in [0.3, 0.4) is 0 Å². The smallest absolute Gasteiger partial charge is 0.320 e. The monoisotopic (exact) mass is 329 g/mol. The lowest BCUT2D eigenvalue weighted by Gasteiger charge is -2.29. The van der Waals surface area contributed by atoms with Crippen LogP contribution in [0.4, 0.5) is 20.8 Å². The number of hydrogen-bond donors (Lipinski definition) is 3. The van der Waals surface area contributed by atoms with Gasteiger partial charge in [-0.3, -0.25) is 5.32 Å². The number of carbonyl (C=O) groups excluding carboxylic acids is 1. The number of nitrogens with one attached hydrogen (secondary N) is 3. The maximum absolute atomic E-state index is 12.8. The Morgan fingerprint density at radius 3 is 2.46 bits per heavy atom. The van der Waals surface area contributed by atoms with E-state index in [0.29, 0.717) is 11.9 Å². The Hall–Kier alpha value is -2.70. The molecule has 0 bridgehead atoms. The van der Waals surface area contributed by atoms with Crippen molar-refractivity contribution >= 4 is 17.7 Å². The Balaban J connectivity index is 1.41. The van der Waals surface area contributed by atoms with Crippen molar-refractivity contribution < 1.29 is 9.18 Å². The summed E-state index contributed by atoms with van der Waals surface area (Å²) in [7, 11) is 0. The first-order valence-corrected chi connectivity index (χ1v) is 8.06. The summed E-state index contributed by atoms with van der Waals surface area (Å²) in [6, 6.07) is 8.69. The molecule has 0 aromatic carbocycles. The zero-order valence-corrected chi connectivity index (χ0v) is 13.2. The highest BCUT2D eigenvalue weighted by Gasteiger charge is 2.22. The SMILES string of the molecule is O=C(Nc1ccc(F)cn1)NC1CCC(Nc2ccccn2)CC1. The quantitative estimate of drug-likeness (QED) is 0.805.